The van der Waals surface area contributed by atoms with Gasteiger partial charge >= 0.3 is 0 Å². The highest BCUT2D eigenvalue weighted by atomic mass is 32.1. The molecule has 0 fully saturated rings. The van der Waals surface area contributed by atoms with Crippen LogP contribution in [0.25, 0.3) is 11.3 Å². The third-order valence-electron chi connectivity index (χ3n) is 2.75. The van der Waals surface area contributed by atoms with Gasteiger partial charge in [0.05, 0.1) is 18.9 Å². The first-order valence-corrected chi connectivity index (χ1v) is 7.55. The van der Waals surface area contributed by atoms with E-state index in [2.05, 4.69) is 22.6 Å². The Bertz CT molecular complexity index is 525. The van der Waals surface area contributed by atoms with E-state index in [1.165, 1.54) is 0 Å². The Hall–Kier alpha value is -1.59. The summed E-state index contributed by atoms with van der Waals surface area (Å²) < 4.78 is 10.5. The number of anilines is 1. The molecular formula is C15H20N2O2S. The number of benzene rings is 1. The molecule has 1 atom stereocenters. The zero-order valence-corrected chi connectivity index (χ0v) is 12.9. The van der Waals surface area contributed by atoms with Gasteiger partial charge in [-0.1, -0.05) is 0 Å². The summed E-state index contributed by atoms with van der Waals surface area (Å²) in [6, 6.07) is 8.25. The zero-order valence-electron chi connectivity index (χ0n) is 12.1. The molecule has 108 valence electrons. The van der Waals surface area contributed by atoms with Crippen molar-refractivity contribution >= 4 is 16.5 Å². The van der Waals surface area contributed by atoms with Crippen LogP contribution in [0.1, 0.15) is 13.8 Å². The lowest BCUT2D eigenvalue weighted by Gasteiger charge is -2.10. The first-order chi connectivity index (χ1) is 9.72. The molecule has 0 saturated carbocycles. The molecule has 1 aromatic carbocycles. The van der Waals surface area contributed by atoms with Crippen LogP contribution in [0.4, 0.5) is 5.13 Å². The van der Waals surface area contributed by atoms with Crippen molar-refractivity contribution in [1.82, 2.24) is 4.98 Å². The molecule has 0 aliphatic heterocycles. The maximum atomic E-state index is 5.44. The summed E-state index contributed by atoms with van der Waals surface area (Å²) in [7, 11) is 1.70. The largest absolute Gasteiger partial charge is 0.494 e. The summed E-state index contributed by atoms with van der Waals surface area (Å²) in [4.78, 5) is 4.59. The van der Waals surface area contributed by atoms with Crippen molar-refractivity contribution in [3.8, 4) is 17.0 Å². The molecule has 20 heavy (non-hydrogen) atoms. The van der Waals surface area contributed by atoms with Crippen molar-refractivity contribution < 1.29 is 9.47 Å². The maximum Gasteiger partial charge on any atom is 0.183 e. The topological polar surface area (TPSA) is 43.4 Å². The predicted molar refractivity (Wildman–Crippen MR) is 83.7 cm³/mol. The molecule has 5 heteroatoms. The first-order valence-electron chi connectivity index (χ1n) is 6.67. The Morgan fingerprint density at radius 1 is 1.30 bits per heavy atom. The first kappa shape index (κ1) is 14.8. The lowest BCUT2D eigenvalue weighted by atomic mass is 10.2. The smallest absolute Gasteiger partial charge is 0.183 e. The predicted octanol–water partition coefficient (Wildman–Crippen LogP) is 3.66. The van der Waals surface area contributed by atoms with E-state index in [1.807, 2.05) is 31.2 Å². The van der Waals surface area contributed by atoms with Crippen LogP contribution in [0.5, 0.6) is 5.75 Å². The number of nitrogens with zero attached hydrogens (tertiary/aromatic N) is 1. The lowest BCUT2D eigenvalue weighted by Crippen LogP contribution is -2.20. The number of ether oxygens (including phenoxy) is 2. The Labute approximate surface area is 123 Å². The fourth-order valence-electron chi connectivity index (χ4n) is 1.86. The molecule has 0 unspecified atom stereocenters. The van der Waals surface area contributed by atoms with Gasteiger partial charge < -0.3 is 14.8 Å². The Balaban J connectivity index is 2.04. The molecule has 0 aliphatic carbocycles. The minimum absolute atomic E-state index is 0.249. The fraction of sp³-hybridized carbons (Fsp3) is 0.400. The number of thiazole rings is 1. The van der Waals surface area contributed by atoms with E-state index in [4.69, 9.17) is 9.47 Å². The van der Waals surface area contributed by atoms with E-state index >= 15 is 0 Å². The molecule has 4 nitrogen and oxygen atoms in total. The van der Waals surface area contributed by atoms with Crippen molar-refractivity contribution in [3.63, 3.8) is 0 Å². The Kier molecular flexibility index (Phi) is 5.38. The van der Waals surface area contributed by atoms with Crippen molar-refractivity contribution in [1.29, 1.82) is 0 Å². The molecule has 1 heterocycles. The lowest BCUT2D eigenvalue weighted by molar-refractivity contribution is 0.190. The van der Waals surface area contributed by atoms with Gasteiger partial charge in [-0.3, -0.25) is 0 Å². The summed E-state index contributed by atoms with van der Waals surface area (Å²) in [5, 5.41) is 6.29. The van der Waals surface area contributed by atoms with E-state index in [0.29, 0.717) is 13.2 Å². The molecule has 0 radical (unpaired) electrons. The normalized spacial score (nSPS) is 12.2. The standard InChI is InChI=1S/C15H20N2O2S/c1-4-19-13-7-5-12(6-8-13)14-10-20-15(17-14)16-11(2)9-18-3/h5-8,10-11H,4,9H2,1-3H3,(H,16,17)/t11-/m1/s1. The molecule has 0 aliphatic rings. The molecule has 0 spiro atoms. The van der Waals surface area contributed by atoms with Crippen molar-refractivity contribution in [2.45, 2.75) is 19.9 Å². The fourth-order valence-corrected chi connectivity index (χ4v) is 2.70. The molecule has 1 N–H and O–H groups in total. The molecule has 0 bridgehead atoms. The van der Waals surface area contributed by atoms with Crippen molar-refractivity contribution in [2.75, 3.05) is 25.6 Å². The molecule has 2 rings (SSSR count). The van der Waals surface area contributed by atoms with Crippen LogP contribution in [0.2, 0.25) is 0 Å². The summed E-state index contributed by atoms with van der Waals surface area (Å²) in [6.07, 6.45) is 0. The van der Waals surface area contributed by atoms with Crippen LogP contribution >= 0.6 is 11.3 Å². The minimum Gasteiger partial charge on any atom is -0.494 e. The molecule has 0 amide bonds. The van der Waals surface area contributed by atoms with Gasteiger partial charge in [0.15, 0.2) is 5.13 Å². The second-order valence-corrected chi connectivity index (χ2v) is 5.35. The highest BCUT2D eigenvalue weighted by Crippen LogP contribution is 2.26. The number of hydrogen-bond donors (Lipinski definition) is 1. The van der Waals surface area contributed by atoms with Crippen LogP contribution in [-0.4, -0.2) is 31.3 Å². The quantitative estimate of drug-likeness (QED) is 0.846. The van der Waals surface area contributed by atoms with Crippen LogP contribution in [0.3, 0.4) is 0 Å². The minimum atomic E-state index is 0.249. The van der Waals surface area contributed by atoms with Crippen LogP contribution in [0, 0.1) is 0 Å². The third-order valence-corrected chi connectivity index (χ3v) is 3.53. The molecular weight excluding hydrogens is 272 g/mol. The number of hydrogen-bond acceptors (Lipinski definition) is 5. The van der Waals surface area contributed by atoms with Gasteiger partial charge in [0, 0.05) is 24.1 Å². The third kappa shape index (κ3) is 3.95. The zero-order chi connectivity index (χ0) is 14.4. The van der Waals surface area contributed by atoms with E-state index in [1.54, 1.807) is 18.4 Å². The van der Waals surface area contributed by atoms with E-state index < -0.39 is 0 Å². The van der Waals surface area contributed by atoms with Gasteiger partial charge in [0.2, 0.25) is 0 Å². The number of nitrogens with one attached hydrogen (secondary N) is 1. The van der Waals surface area contributed by atoms with Gasteiger partial charge in [0.25, 0.3) is 0 Å². The second kappa shape index (κ2) is 7.26. The number of aromatic nitrogens is 1. The van der Waals surface area contributed by atoms with Crippen LogP contribution in [-0.2, 0) is 4.74 Å². The second-order valence-electron chi connectivity index (χ2n) is 4.50. The maximum absolute atomic E-state index is 5.44. The van der Waals surface area contributed by atoms with Crippen LogP contribution < -0.4 is 10.1 Å². The average molecular weight is 292 g/mol. The van der Waals surface area contributed by atoms with Gasteiger partial charge in [-0.2, -0.15) is 0 Å². The van der Waals surface area contributed by atoms with E-state index in [9.17, 15) is 0 Å². The van der Waals surface area contributed by atoms with E-state index in [0.717, 1.165) is 22.1 Å². The summed E-state index contributed by atoms with van der Waals surface area (Å²) in [5.41, 5.74) is 2.07. The molecule has 2 aromatic rings. The average Bonchev–Trinajstić information content (AvgIpc) is 2.88. The SMILES string of the molecule is CCOc1ccc(-c2csc(N[C@H](C)COC)n2)cc1. The van der Waals surface area contributed by atoms with Crippen molar-refractivity contribution in [3.05, 3.63) is 29.6 Å². The summed E-state index contributed by atoms with van der Waals surface area (Å²) >= 11 is 1.60. The van der Waals surface area contributed by atoms with Gasteiger partial charge in [-0.05, 0) is 38.1 Å². The Morgan fingerprint density at radius 3 is 2.70 bits per heavy atom. The van der Waals surface area contributed by atoms with E-state index in [-0.39, 0.29) is 6.04 Å². The van der Waals surface area contributed by atoms with Gasteiger partial charge in [-0.25, -0.2) is 4.98 Å². The van der Waals surface area contributed by atoms with Crippen LogP contribution in [0.15, 0.2) is 29.6 Å². The van der Waals surface area contributed by atoms with Gasteiger partial charge in [0.1, 0.15) is 5.75 Å². The monoisotopic (exact) mass is 292 g/mol. The summed E-state index contributed by atoms with van der Waals surface area (Å²) in [6.45, 7) is 5.40. The Morgan fingerprint density at radius 2 is 2.05 bits per heavy atom. The highest BCUT2D eigenvalue weighted by Gasteiger charge is 2.07. The molecule has 0 saturated heterocycles. The number of rotatable bonds is 7. The highest BCUT2D eigenvalue weighted by molar-refractivity contribution is 7.14. The molecule has 1 aromatic heterocycles. The number of methoxy groups -OCH3 is 1. The summed E-state index contributed by atoms with van der Waals surface area (Å²) in [5.74, 6) is 0.888. The van der Waals surface area contributed by atoms with Gasteiger partial charge in [-0.15, -0.1) is 11.3 Å². The van der Waals surface area contributed by atoms with Crippen molar-refractivity contribution in [2.24, 2.45) is 0 Å².